The number of Topliss-reactive ketones (excluding diaryl/α,β-unsaturated/α-hetero) is 2. The van der Waals surface area contributed by atoms with Gasteiger partial charge in [-0.3, -0.25) is 9.59 Å². The van der Waals surface area contributed by atoms with Gasteiger partial charge in [-0.1, -0.05) is 0 Å². The van der Waals surface area contributed by atoms with Gasteiger partial charge in [0.15, 0.2) is 0 Å². The average Bonchev–Trinajstić information content (AvgIpc) is 1.78. The molecule has 0 aliphatic heterocycles. The monoisotopic (exact) mass is 218 g/mol. The van der Waals surface area contributed by atoms with Gasteiger partial charge in [-0.25, -0.2) is 0 Å². The van der Waals surface area contributed by atoms with Crippen LogP contribution in [0, 0.1) is 0 Å². The second-order valence-corrected chi connectivity index (χ2v) is 2.90. The lowest BCUT2D eigenvalue weighted by Crippen LogP contribution is -2.03. The maximum atomic E-state index is 9.81. The summed E-state index contributed by atoms with van der Waals surface area (Å²) in [6, 6.07) is 0. The zero-order chi connectivity index (χ0) is 13.0. The van der Waals surface area contributed by atoms with Gasteiger partial charge in [0.2, 0.25) is 0 Å². The molecule has 0 aromatic carbocycles. The number of hydrogen-bond acceptors (Lipinski definition) is 5. The van der Waals surface area contributed by atoms with E-state index in [0.29, 0.717) is 0 Å². The van der Waals surface area contributed by atoms with Crippen LogP contribution in [0.3, 0.4) is 0 Å². The highest BCUT2D eigenvalue weighted by atomic mass is 16.6. The number of ether oxygens (including phenoxy) is 1. The third-order valence-electron chi connectivity index (χ3n) is 0.287. The van der Waals surface area contributed by atoms with Gasteiger partial charge in [-0.05, 0) is 27.7 Å². The van der Waals surface area contributed by atoms with E-state index in [1.165, 1.54) is 41.5 Å². The second-order valence-electron chi connectivity index (χ2n) is 2.90. The highest BCUT2D eigenvalue weighted by Crippen LogP contribution is 1.73. The highest BCUT2D eigenvalue weighted by Gasteiger charge is 1.93. The number of carbonyl (C=O) groups excluding carboxylic acids is 4. The molecule has 0 amide bonds. The predicted molar refractivity (Wildman–Crippen MR) is 55.2 cm³/mol. The highest BCUT2D eigenvalue weighted by molar-refractivity contribution is 5.82. The Morgan fingerprint density at radius 3 is 0.733 bits per heavy atom. The van der Waals surface area contributed by atoms with Crippen molar-refractivity contribution >= 4 is 23.5 Å². The summed E-state index contributed by atoms with van der Waals surface area (Å²) in [4.78, 5) is 38.5. The minimum atomic E-state index is -0.562. The van der Waals surface area contributed by atoms with Gasteiger partial charge in [0.05, 0.1) is 0 Å². The molecule has 0 unspecified atom stereocenters. The quantitative estimate of drug-likeness (QED) is 0.452. The van der Waals surface area contributed by atoms with Crippen molar-refractivity contribution in [3.63, 3.8) is 0 Å². The smallest absolute Gasteiger partial charge is 0.310 e. The Morgan fingerprint density at radius 1 is 0.600 bits per heavy atom. The van der Waals surface area contributed by atoms with Crippen molar-refractivity contribution in [3.8, 4) is 0 Å². The first-order valence-corrected chi connectivity index (χ1v) is 4.22. The van der Waals surface area contributed by atoms with Gasteiger partial charge in [0.1, 0.15) is 11.6 Å². The third-order valence-corrected chi connectivity index (χ3v) is 0.287. The molecule has 0 saturated heterocycles. The van der Waals surface area contributed by atoms with Crippen molar-refractivity contribution in [2.45, 2.75) is 41.5 Å². The first kappa shape index (κ1) is 19.1. The van der Waals surface area contributed by atoms with E-state index >= 15 is 0 Å². The fourth-order valence-electron chi connectivity index (χ4n) is 0.202. The van der Waals surface area contributed by atoms with E-state index in [1.54, 1.807) is 0 Å². The van der Waals surface area contributed by atoms with Gasteiger partial charge in [0.25, 0.3) is 0 Å². The van der Waals surface area contributed by atoms with Crippen molar-refractivity contribution in [3.05, 3.63) is 0 Å². The number of ketones is 2. The van der Waals surface area contributed by atoms with E-state index in [4.69, 9.17) is 0 Å². The molecule has 0 aliphatic carbocycles. The summed E-state index contributed by atoms with van der Waals surface area (Å²) < 4.78 is 3.97. The molecule has 0 aromatic heterocycles. The van der Waals surface area contributed by atoms with Gasteiger partial charge >= 0.3 is 11.9 Å². The van der Waals surface area contributed by atoms with Crippen molar-refractivity contribution in [2.24, 2.45) is 0 Å². The molecule has 0 fully saturated rings. The van der Waals surface area contributed by atoms with Crippen molar-refractivity contribution in [1.82, 2.24) is 0 Å². The molecule has 5 nitrogen and oxygen atoms in total. The van der Waals surface area contributed by atoms with Crippen molar-refractivity contribution < 1.29 is 23.9 Å². The lowest BCUT2D eigenvalue weighted by molar-refractivity contribution is -0.156. The van der Waals surface area contributed by atoms with E-state index in [0.717, 1.165) is 0 Å². The Morgan fingerprint density at radius 2 is 0.733 bits per heavy atom. The molecular formula is C10H18O5. The zero-order valence-corrected chi connectivity index (χ0v) is 10.0. The molecule has 0 heterocycles. The van der Waals surface area contributed by atoms with Crippen LogP contribution in [0.25, 0.3) is 0 Å². The molecule has 0 rings (SSSR count). The van der Waals surface area contributed by atoms with E-state index in [2.05, 4.69) is 4.74 Å². The van der Waals surface area contributed by atoms with Crippen LogP contribution in [0.4, 0.5) is 0 Å². The maximum Gasteiger partial charge on any atom is 0.310 e. The molecule has 88 valence electrons. The fraction of sp³-hybridized carbons (Fsp3) is 0.600. The Balaban J connectivity index is -0.000000155. The summed E-state index contributed by atoms with van der Waals surface area (Å²) >= 11 is 0. The summed E-state index contributed by atoms with van der Waals surface area (Å²) in [5.41, 5.74) is 0. The lowest BCUT2D eigenvalue weighted by atomic mass is 10.6. The van der Waals surface area contributed by atoms with Gasteiger partial charge in [-0.2, -0.15) is 0 Å². The fourth-order valence-corrected chi connectivity index (χ4v) is 0.202. The Hall–Kier alpha value is -1.52. The lowest BCUT2D eigenvalue weighted by Gasteiger charge is -1.87. The molecule has 5 heteroatoms. The topological polar surface area (TPSA) is 77.5 Å². The molecule has 0 atom stereocenters. The van der Waals surface area contributed by atoms with Gasteiger partial charge in [0, 0.05) is 13.8 Å². The largest absolute Gasteiger partial charge is 0.394 e. The van der Waals surface area contributed by atoms with E-state index in [1.807, 2.05) is 0 Å². The van der Waals surface area contributed by atoms with Gasteiger partial charge < -0.3 is 14.3 Å². The Bertz CT molecular complexity index is 198. The van der Waals surface area contributed by atoms with Crippen LogP contribution in [0.1, 0.15) is 41.5 Å². The molecular weight excluding hydrogens is 200 g/mol. The number of rotatable bonds is 0. The summed E-state index contributed by atoms with van der Waals surface area (Å²) in [5, 5.41) is 0. The van der Waals surface area contributed by atoms with Crippen LogP contribution < -0.4 is 0 Å². The molecule has 15 heavy (non-hydrogen) atoms. The summed E-state index contributed by atoms with van der Waals surface area (Å²) in [7, 11) is 0. The zero-order valence-electron chi connectivity index (χ0n) is 10.0. The van der Waals surface area contributed by atoms with E-state index in [-0.39, 0.29) is 11.6 Å². The number of hydrogen-bond donors (Lipinski definition) is 0. The normalized spacial score (nSPS) is 7.07. The third kappa shape index (κ3) is 223. The van der Waals surface area contributed by atoms with Crippen LogP contribution >= 0.6 is 0 Å². The van der Waals surface area contributed by atoms with Crippen molar-refractivity contribution in [2.75, 3.05) is 0 Å². The summed E-state index contributed by atoms with van der Waals surface area (Å²) in [6.45, 7) is 8.48. The summed E-state index contributed by atoms with van der Waals surface area (Å²) in [5.74, 6) is -0.792. The first-order chi connectivity index (χ1) is 6.59. The molecule has 0 N–H and O–H groups in total. The molecule has 0 spiro atoms. The van der Waals surface area contributed by atoms with E-state index in [9.17, 15) is 19.2 Å². The minimum Gasteiger partial charge on any atom is -0.394 e. The van der Waals surface area contributed by atoms with Crippen molar-refractivity contribution in [1.29, 1.82) is 0 Å². The molecule has 0 aliphatic rings. The van der Waals surface area contributed by atoms with Crippen LogP contribution in [-0.4, -0.2) is 23.5 Å². The second kappa shape index (κ2) is 12.5. The Kier molecular flexibility index (Phi) is 15.9. The first-order valence-electron chi connectivity index (χ1n) is 4.22. The number of carbonyl (C=O) groups is 4. The van der Waals surface area contributed by atoms with Crippen LogP contribution in [0.5, 0.6) is 0 Å². The van der Waals surface area contributed by atoms with Crippen LogP contribution in [-0.2, 0) is 23.9 Å². The SMILES string of the molecule is CC(=O)OC(C)=O.CC(C)=O.CC(C)=O. The Labute approximate surface area is 89.8 Å². The van der Waals surface area contributed by atoms with Gasteiger partial charge in [-0.15, -0.1) is 0 Å². The predicted octanol–water partition coefficient (Wildman–Crippen LogP) is 1.29. The average molecular weight is 218 g/mol. The minimum absolute atomic E-state index is 0.167. The standard InChI is InChI=1S/C4H6O3.2C3H6O/c1-3(5)7-4(2)6;2*1-3(2)4/h1-2H3;2*1-2H3. The number of esters is 2. The van der Waals surface area contributed by atoms with Crippen LogP contribution in [0.2, 0.25) is 0 Å². The molecule has 0 saturated carbocycles. The molecule has 0 bridgehead atoms. The van der Waals surface area contributed by atoms with E-state index < -0.39 is 11.9 Å². The molecule has 0 radical (unpaired) electrons. The molecule has 0 aromatic rings. The summed E-state index contributed by atoms with van der Waals surface area (Å²) in [6.07, 6.45) is 0. The maximum absolute atomic E-state index is 9.81. The van der Waals surface area contributed by atoms with Crippen LogP contribution in [0.15, 0.2) is 0 Å².